The number of cyclic esters (lactones) is 1. The van der Waals surface area contributed by atoms with E-state index in [1.807, 2.05) is 19.1 Å². The molecule has 7 heteroatoms. The molecule has 0 aromatic carbocycles. The highest BCUT2D eigenvalue weighted by molar-refractivity contribution is 5.85. The summed E-state index contributed by atoms with van der Waals surface area (Å²) in [4.78, 5) is 24.3. The third kappa shape index (κ3) is 5.44. The van der Waals surface area contributed by atoms with Crippen LogP contribution >= 0.6 is 0 Å². The van der Waals surface area contributed by atoms with E-state index in [9.17, 15) is 24.9 Å². The van der Waals surface area contributed by atoms with Crippen LogP contribution in [0.15, 0.2) is 23.8 Å². The van der Waals surface area contributed by atoms with Crippen LogP contribution < -0.4 is 0 Å². The van der Waals surface area contributed by atoms with Gasteiger partial charge in [-0.3, -0.25) is 4.79 Å². The smallest absolute Gasteiger partial charge is 0.331 e. The summed E-state index contributed by atoms with van der Waals surface area (Å²) >= 11 is 0. The molecule has 0 amide bonds. The van der Waals surface area contributed by atoms with Crippen LogP contribution in [0.1, 0.15) is 113 Å². The van der Waals surface area contributed by atoms with Crippen LogP contribution in [0.2, 0.25) is 0 Å². The van der Waals surface area contributed by atoms with Gasteiger partial charge in [-0.1, -0.05) is 73.0 Å². The van der Waals surface area contributed by atoms with E-state index in [1.54, 1.807) is 0 Å². The van der Waals surface area contributed by atoms with Crippen LogP contribution in [0.25, 0.3) is 0 Å². The molecule has 0 saturated heterocycles. The highest BCUT2D eigenvalue weighted by atomic mass is 16.5. The third-order valence-electron chi connectivity index (χ3n) is 11.3. The summed E-state index contributed by atoms with van der Waals surface area (Å²) in [6.07, 6.45) is 10.4. The molecule has 4 rings (SSSR count). The molecule has 41 heavy (non-hydrogen) atoms. The van der Waals surface area contributed by atoms with Gasteiger partial charge in [0.2, 0.25) is 0 Å². The minimum absolute atomic E-state index is 0.195. The lowest BCUT2D eigenvalue weighted by Gasteiger charge is -2.75. The van der Waals surface area contributed by atoms with Gasteiger partial charge in [0.1, 0.15) is 12.7 Å². The van der Waals surface area contributed by atoms with E-state index in [0.717, 1.165) is 31.3 Å². The molecule has 0 aromatic heterocycles. The van der Waals surface area contributed by atoms with Gasteiger partial charge in [0.05, 0.1) is 22.7 Å². The van der Waals surface area contributed by atoms with Crippen molar-refractivity contribution in [3.8, 4) is 0 Å². The Hall–Kier alpha value is -1.70. The van der Waals surface area contributed by atoms with Gasteiger partial charge in [0.15, 0.2) is 0 Å². The number of fused-ring (bicyclic) bond motifs is 1. The van der Waals surface area contributed by atoms with Gasteiger partial charge in [-0.25, -0.2) is 4.79 Å². The van der Waals surface area contributed by atoms with E-state index in [0.29, 0.717) is 43.9 Å². The van der Waals surface area contributed by atoms with Gasteiger partial charge in [-0.05, 0) is 67.8 Å². The second-order valence-electron chi connectivity index (χ2n) is 15.2. The topological polar surface area (TPSA) is 113 Å². The molecule has 1 heterocycles. The molecular formula is C34H54O7. The van der Waals surface area contributed by atoms with Crippen molar-refractivity contribution in [1.29, 1.82) is 0 Å². The van der Waals surface area contributed by atoms with Crippen molar-refractivity contribution in [1.82, 2.24) is 0 Å². The number of ether oxygens (including phenoxy) is 2. The van der Waals surface area contributed by atoms with E-state index in [1.165, 1.54) is 13.0 Å². The molecule has 8 atom stereocenters. The number of carbonyl (C=O) groups is 2. The molecular weight excluding hydrogens is 520 g/mol. The van der Waals surface area contributed by atoms with Crippen LogP contribution in [0.3, 0.4) is 0 Å². The lowest BCUT2D eigenvalue weighted by Crippen LogP contribution is -2.82. The van der Waals surface area contributed by atoms with Crippen LogP contribution in [-0.2, 0) is 19.1 Å². The van der Waals surface area contributed by atoms with Crippen molar-refractivity contribution in [2.75, 3.05) is 6.61 Å². The number of aliphatic hydroxyl groups excluding tert-OH is 1. The Labute approximate surface area is 246 Å². The largest absolute Gasteiger partial charge is 0.462 e. The number of rotatable bonds is 11. The summed E-state index contributed by atoms with van der Waals surface area (Å²) in [5.74, 6) is -0.241. The molecule has 2 saturated carbocycles. The summed E-state index contributed by atoms with van der Waals surface area (Å²) in [5, 5.41) is 38.3. The summed E-state index contributed by atoms with van der Waals surface area (Å²) in [6.45, 7) is 14.5. The van der Waals surface area contributed by atoms with Crippen molar-refractivity contribution >= 4 is 11.9 Å². The van der Waals surface area contributed by atoms with Gasteiger partial charge >= 0.3 is 11.9 Å². The van der Waals surface area contributed by atoms with Gasteiger partial charge < -0.3 is 24.8 Å². The minimum Gasteiger partial charge on any atom is -0.462 e. The molecule has 7 nitrogen and oxygen atoms in total. The molecule has 2 fully saturated rings. The number of hydrogen-bond donors (Lipinski definition) is 3. The highest BCUT2D eigenvalue weighted by Crippen LogP contribution is 2.74. The summed E-state index contributed by atoms with van der Waals surface area (Å²) in [7, 11) is 0. The maximum absolute atomic E-state index is 13.2. The molecule has 2 bridgehead atoms. The Morgan fingerprint density at radius 1 is 1.10 bits per heavy atom. The second-order valence-corrected chi connectivity index (χ2v) is 15.2. The van der Waals surface area contributed by atoms with Crippen molar-refractivity contribution < 1.29 is 34.4 Å². The monoisotopic (exact) mass is 574 g/mol. The Morgan fingerprint density at radius 3 is 2.41 bits per heavy atom. The summed E-state index contributed by atoms with van der Waals surface area (Å²) in [6, 6.07) is 0. The lowest BCUT2D eigenvalue weighted by molar-refractivity contribution is -0.355. The fourth-order valence-electron chi connectivity index (χ4n) is 9.29. The van der Waals surface area contributed by atoms with E-state index < -0.39 is 51.5 Å². The third-order valence-corrected chi connectivity index (χ3v) is 11.3. The van der Waals surface area contributed by atoms with E-state index in [4.69, 9.17) is 9.47 Å². The molecule has 3 aliphatic carbocycles. The Bertz CT molecular complexity index is 1060. The zero-order valence-corrected chi connectivity index (χ0v) is 26.4. The molecule has 1 spiro atoms. The Balaban J connectivity index is 1.82. The number of carbonyl (C=O) groups excluding carboxylic acids is 2. The average Bonchev–Trinajstić information content (AvgIpc) is 3.28. The molecule has 0 aromatic rings. The normalized spacial score (nSPS) is 40.1. The quantitative estimate of drug-likeness (QED) is 0.216. The van der Waals surface area contributed by atoms with Crippen molar-refractivity contribution in [3.05, 3.63) is 23.8 Å². The zero-order valence-electron chi connectivity index (χ0n) is 26.4. The first-order valence-corrected chi connectivity index (χ1v) is 15.9. The fraction of sp³-hybridized carbons (Fsp3) is 0.824. The second kappa shape index (κ2) is 11.4. The van der Waals surface area contributed by atoms with Crippen molar-refractivity contribution in [2.45, 2.75) is 136 Å². The van der Waals surface area contributed by atoms with Crippen molar-refractivity contribution in [2.24, 2.45) is 34.0 Å². The van der Waals surface area contributed by atoms with Crippen molar-refractivity contribution in [3.63, 3.8) is 0 Å². The SMILES string of the molecule is CC(=O)O[C@@H]1C[C@]2(C)C=C[C@@](O)(CC[C@@H](C)CCCC(C)C)[C@@]3([C@@H](O)CCC(C)(C)[C@H]13)[C@@]2(O)CCC1=CC(=O)OC1. The number of esters is 2. The standard InChI is InChI=1S/C34H54O7/c1-22(2)9-8-10-23(3)11-15-32(38)18-17-31(7)20-26(41-24(4)35)29-30(5,6)14-13-27(36)34(29,32)33(31,39)16-12-25-19-28(37)40-21-25/h17-19,22-23,26-27,29,36,38-39H,8-16,20-21H2,1-7H3/t23-,26+,27-,29-,31-,32-,33+,34-/m0/s1. The van der Waals surface area contributed by atoms with Crippen LogP contribution in [0.5, 0.6) is 0 Å². The molecule has 0 radical (unpaired) electrons. The maximum Gasteiger partial charge on any atom is 0.331 e. The number of aliphatic hydroxyl groups is 3. The van der Waals surface area contributed by atoms with Gasteiger partial charge in [-0.2, -0.15) is 0 Å². The maximum atomic E-state index is 13.2. The van der Waals surface area contributed by atoms with Crippen LogP contribution in [0, 0.1) is 34.0 Å². The molecule has 3 N–H and O–H groups in total. The first-order chi connectivity index (χ1) is 19.0. The average molecular weight is 575 g/mol. The fourth-order valence-corrected chi connectivity index (χ4v) is 9.29. The van der Waals surface area contributed by atoms with E-state index in [2.05, 4.69) is 34.6 Å². The Kier molecular flexibility index (Phi) is 8.98. The molecule has 1 aliphatic heterocycles. The van der Waals surface area contributed by atoms with E-state index >= 15 is 0 Å². The number of hydrogen-bond acceptors (Lipinski definition) is 7. The van der Waals surface area contributed by atoms with Gasteiger partial charge in [-0.15, -0.1) is 0 Å². The molecule has 0 unspecified atom stereocenters. The highest BCUT2D eigenvalue weighted by Gasteiger charge is 2.80. The Morgan fingerprint density at radius 2 is 1.80 bits per heavy atom. The minimum atomic E-state index is -1.53. The van der Waals surface area contributed by atoms with E-state index in [-0.39, 0.29) is 19.0 Å². The van der Waals surface area contributed by atoms with Gasteiger partial charge in [0.25, 0.3) is 0 Å². The molecule has 4 aliphatic rings. The molecule has 232 valence electrons. The summed E-state index contributed by atoms with van der Waals surface area (Å²) < 4.78 is 11.2. The lowest BCUT2D eigenvalue weighted by atomic mass is 9.32. The first-order valence-electron chi connectivity index (χ1n) is 15.9. The predicted molar refractivity (Wildman–Crippen MR) is 158 cm³/mol. The predicted octanol–water partition coefficient (Wildman–Crippen LogP) is 5.65. The van der Waals surface area contributed by atoms with Gasteiger partial charge in [0, 0.05) is 24.3 Å². The van der Waals surface area contributed by atoms with Crippen LogP contribution in [-0.4, -0.2) is 57.3 Å². The summed E-state index contributed by atoms with van der Waals surface area (Å²) in [5.41, 5.74) is -4.94. The first kappa shape index (κ1) is 32.2. The zero-order chi connectivity index (χ0) is 30.4. The van der Waals surface area contributed by atoms with Crippen LogP contribution in [0.4, 0.5) is 0 Å².